The summed E-state index contributed by atoms with van der Waals surface area (Å²) in [5.74, 6) is -1.44. The lowest BCUT2D eigenvalue weighted by Gasteiger charge is -2.18. The van der Waals surface area contributed by atoms with Crippen LogP contribution in [0, 0.1) is 0 Å². The molecule has 2 N–H and O–H groups in total. The number of nitrogens with zero attached hydrogens (tertiary/aromatic N) is 2. The highest BCUT2D eigenvalue weighted by Crippen LogP contribution is 2.02. The average Bonchev–Trinajstić information content (AvgIpc) is 2.27. The van der Waals surface area contributed by atoms with E-state index in [9.17, 15) is 9.59 Å². The molecule has 0 aliphatic heterocycles. The Balaban J connectivity index is 2.72. The molecule has 0 saturated heterocycles. The van der Waals surface area contributed by atoms with Gasteiger partial charge >= 0.3 is 5.97 Å². The van der Waals surface area contributed by atoms with Crippen LogP contribution in [0.15, 0.2) is 18.3 Å². The number of carboxylic acid groups (broad SMARTS) is 1. The molecule has 1 aromatic heterocycles. The van der Waals surface area contributed by atoms with Gasteiger partial charge in [0.15, 0.2) is 0 Å². The highest BCUT2D eigenvalue weighted by atomic mass is 16.4. The molecular formula is C12H17N3O3. The maximum Gasteiger partial charge on any atom is 0.354 e. The monoisotopic (exact) mass is 251 g/mol. The Labute approximate surface area is 106 Å². The van der Waals surface area contributed by atoms with E-state index in [4.69, 9.17) is 5.11 Å². The van der Waals surface area contributed by atoms with Gasteiger partial charge in [0.2, 0.25) is 0 Å². The zero-order chi connectivity index (χ0) is 13.7. The van der Waals surface area contributed by atoms with Crippen molar-refractivity contribution in [1.29, 1.82) is 0 Å². The van der Waals surface area contributed by atoms with Crippen molar-refractivity contribution in [3.63, 3.8) is 0 Å². The number of carboxylic acids is 1. The van der Waals surface area contributed by atoms with Crippen molar-refractivity contribution >= 4 is 11.9 Å². The molecule has 6 heteroatoms. The molecule has 0 fully saturated rings. The summed E-state index contributed by atoms with van der Waals surface area (Å²) in [5.41, 5.74) is 0.163. The normalized spacial score (nSPS) is 12.2. The number of likely N-dealkylation sites (N-methyl/N-ethyl adjacent to an activating group) is 1. The molecule has 1 atom stereocenters. The molecule has 0 bridgehead atoms. The quantitative estimate of drug-likeness (QED) is 0.794. The van der Waals surface area contributed by atoms with Crippen LogP contribution in [0.2, 0.25) is 0 Å². The molecule has 0 aliphatic carbocycles. The van der Waals surface area contributed by atoms with Gasteiger partial charge in [-0.15, -0.1) is 0 Å². The van der Waals surface area contributed by atoms with Crippen LogP contribution < -0.4 is 5.32 Å². The lowest BCUT2D eigenvalue weighted by atomic mass is 10.2. The maximum absolute atomic E-state index is 11.9. The van der Waals surface area contributed by atoms with Crippen molar-refractivity contribution in [2.24, 2.45) is 0 Å². The van der Waals surface area contributed by atoms with Crippen molar-refractivity contribution in [2.75, 3.05) is 20.6 Å². The molecule has 0 spiro atoms. The smallest absolute Gasteiger partial charge is 0.354 e. The fraction of sp³-hybridized carbons (Fsp3) is 0.417. The van der Waals surface area contributed by atoms with E-state index in [2.05, 4.69) is 10.3 Å². The predicted molar refractivity (Wildman–Crippen MR) is 66.7 cm³/mol. The number of carbonyl (C=O) groups excluding carboxylic acids is 1. The van der Waals surface area contributed by atoms with E-state index in [0.717, 1.165) is 0 Å². The minimum atomic E-state index is -1.15. The summed E-state index contributed by atoms with van der Waals surface area (Å²) in [5, 5.41) is 11.6. The predicted octanol–water partition coefficient (Wildman–Crippen LogP) is 0.460. The summed E-state index contributed by atoms with van der Waals surface area (Å²) in [7, 11) is 3.83. The maximum atomic E-state index is 11.9. The number of hydrogen-bond acceptors (Lipinski definition) is 4. The van der Waals surface area contributed by atoms with Crippen LogP contribution in [0.1, 0.15) is 27.8 Å². The summed E-state index contributed by atoms with van der Waals surface area (Å²) in [4.78, 5) is 28.2. The van der Waals surface area contributed by atoms with Gasteiger partial charge in [-0.25, -0.2) is 9.78 Å². The van der Waals surface area contributed by atoms with Crippen molar-refractivity contribution in [3.8, 4) is 0 Å². The summed E-state index contributed by atoms with van der Waals surface area (Å²) in [6.45, 7) is 2.60. The largest absolute Gasteiger partial charge is 0.477 e. The minimum absolute atomic E-state index is 0.0195. The van der Waals surface area contributed by atoms with E-state index in [0.29, 0.717) is 12.1 Å². The summed E-state index contributed by atoms with van der Waals surface area (Å²) >= 11 is 0. The number of carbonyl (C=O) groups is 2. The fourth-order valence-corrected chi connectivity index (χ4v) is 1.59. The van der Waals surface area contributed by atoms with Crippen molar-refractivity contribution in [3.05, 3.63) is 29.6 Å². The Morgan fingerprint density at radius 1 is 1.50 bits per heavy atom. The SMILES string of the molecule is CC(CN(C)C)NC(=O)c1ccnc(C(=O)O)c1. The van der Waals surface area contributed by atoms with E-state index in [-0.39, 0.29) is 17.6 Å². The number of amides is 1. The first-order valence-corrected chi connectivity index (χ1v) is 5.55. The first-order valence-electron chi connectivity index (χ1n) is 5.55. The molecule has 0 aliphatic rings. The third kappa shape index (κ3) is 4.14. The summed E-state index contributed by atoms with van der Waals surface area (Å²) in [6.07, 6.45) is 1.31. The van der Waals surface area contributed by atoms with Crippen LogP contribution in [0.3, 0.4) is 0 Å². The summed E-state index contributed by atoms with van der Waals surface area (Å²) < 4.78 is 0. The second-order valence-electron chi connectivity index (χ2n) is 4.37. The van der Waals surface area contributed by atoms with Crippen LogP contribution in [0.25, 0.3) is 0 Å². The highest BCUT2D eigenvalue weighted by molar-refractivity contribution is 5.96. The van der Waals surface area contributed by atoms with E-state index in [1.807, 2.05) is 25.9 Å². The lowest BCUT2D eigenvalue weighted by molar-refractivity contribution is 0.0690. The molecule has 1 amide bonds. The average molecular weight is 251 g/mol. The number of pyridine rings is 1. The molecule has 6 nitrogen and oxygen atoms in total. The number of hydrogen-bond donors (Lipinski definition) is 2. The second kappa shape index (κ2) is 6.11. The van der Waals surface area contributed by atoms with Crippen LogP contribution in [0.5, 0.6) is 0 Å². The van der Waals surface area contributed by atoms with E-state index in [1.54, 1.807) is 0 Å². The molecule has 1 aromatic rings. The van der Waals surface area contributed by atoms with Gasteiger partial charge in [0.1, 0.15) is 5.69 Å². The van der Waals surface area contributed by atoms with Crippen molar-refractivity contribution < 1.29 is 14.7 Å². The van der Waals surface area contributed by atoms with Crippen molar-refractivity contribution in [2.45, 2.75) is 13.0 Å². The third-order valence-corrected chi connectivity index (χ3v) is 2.26. The van der Waals surface area contributed by atoms with Crippen LogP contribution in [0.4, 0.5) is 0 Å². The zero-order valence-electron chi connectivity index (χ0n) is 10.7. The molecule has 0 saturated carbocycles. The molecule has 0 aromatic carbocycles. The van der Waals surface area contributed by atoms with E-state index < -0.39 is 5.97 Å². The standard InChI is InChI=1S/C12H17N3O3/c1-8(7-15(2)3)14-11(16)9-4-5-13-10(6-9)12(17)18/h4-6,8H,7H2,1-3H3,(H,14,16)(H,17,18). The minimum Gasteiger partial charge on any atom is -0.477 e. The Bertz CT molecular complexity index is 446. The number of nitrogens with one attached hydrogen (secondary N) is 1. The Morgan fingerprint density at radius 3 is 2.72 bits per heavy atom. The topological polar surface area (TPSA) is 82.5 Å². The lowest BCUT2D eigenvalue weighted by Crippen LogP contribution is -2.39. The third-order valence-electron chi connectivity index (χ3n) is 2.26. The van der Waals surface area contributed by atoms with Gasteiger partial charge in [0.25, 0.3) is 5.91 Å². The molecule has 1 rings (SSSR count). The molecule has 1 unspecified atom stereocenters. The summed E-state index contributed by atoms with van der Waals surface area (Å²) in [6, 6.07) is 2.73. The number of aromatic nitrogens is 1. The van der Waals surface area contributed by atoms with Gasteiger partial charge < -0.3 is 15.3 Å². The van der Waals surface area contributed by atoms with Gasteiger partial charge in [-0.1, -0.05) is 0 Å². The van der Waals surface area contributed by atoms with E-state index in [1.165, 1.54) is 18.3 Å². The Hall–Kier alpha value is -1.95. The Kier molecular flexibility index (Phi) is 4.79. The molecule has 1 heterocycles. The first-order chi connectivity index (χ1) is 8.40. The van der Waals surface area contributed by atoms with Crippen LogP contribution in [-0.4, -0.2) is 53.5 Å². The second-order valence-corrected chi connectivity index (χ2v) is 4.37. The van der Waals surface area contributed by atoms with Gasteiger partial charge in [0, 0.05) is 24.3 Å². The highest BCUT2D eigenvalue weighted by Gasteiger charge is 2.13. The molecule has 18 heavy (non-hydrogen) atoms. The zero-order valence-corrected chi connectivity index (χ0v) is 10.7. The van der Waals surface area contributed by atoms with Crippen LogP contribution >= 0.6 is 0 Å². The number of rotatable bonds is 5. The molecular weight excluding hydrogens is 234 g/mol. The van der Waals surface area contributed by atoms with Crippen molar-refractivity contribution in [1.82, 2.24) is 15.2 Å². The fourth-order valence-electron chi connectivity index (χ4n) is 1.59. The van der Waals surface area contributed by atoms with E-state index >= 15 is 0 Å². The Morgan fingerprint density at radius 2 is 2.17 bits per heavy atom. The molecule has 0 radical (unpaired) electrons. The first kappa shape index (κ1) is 14.1. The van der Waals surface area contributed by atoms with Gasteiger partial charge in [-0.2, -0.15) is 0 Å². The number of aromatic carboxylic acids is 1. The van der Waals surface area contributed by atoms with Gasteiger partial charge in [-0.3, -0.25) is 4.79 Å². The van der Waals surface area contributed by atoms with Gasteiger partial charge in [-0.05, 0) is 33.2 Å². The van der Waals surface area contributed by atoms with Crippen LogP contribution in [-0.2, 0) is 0 Å². The van der Waals surface area contributed by atoms with Gasteiger partial charge in [0.05, 0.1) is 0 Å². The molecule has 98 valence electrons.